The minimum Gasteiger partial charge on any atom is -0.367 e. The maximum atomic E-state index is 12.2. The number of unbranched alkanes of at least 4 members (excludes halogenated alkanes) is 1. The van der Waals surface area contributed by atoms with E-state index in [1.807, 2.05) is 6.92 Å². The Kier molecular flexibility index (Phi) is 4.01. The van der Waals surface area contributed by atoms with Gasteiger partial charge in [0.15, 0.2) is 6.17 Å². The van der Waals surface area contributed by atoms with Crippen LogP contribution in [-0.2, 0) is 4.79 Å². The molecule has 0 spiro atoms. The van der Waals surface area contributed by atoms with Crippen LogP contribution in [0.3, 0.4) is 0 Å². The van der Waals surface area contributed by atoms with Crippen LogP contribution in [0.1, 0.15) is 26.2 Å². The molecule has 0 aromatic rings. The summed E-state index contributed by atoms with van der Waals surface area (Å²) in [4.78, 5) is 10.1. The lowest BCUT2D eigenvalue weighted by Gasteiger charge is -1.99. The largest absolute Gasteiger partial charge is 0.367 e. The van der Waals surface area contributed by atoms with Gasteiger partial charge in [-0.2, -0.15) is 0 Å². The van der Waals surface area contributed by atoms with Crippen LogP contribution in [-0.4, -0.2) is 12.1 Å². The molecule has 0 saturated carbocycles. The summed E-state index contributed by atoms with van der Waals surface area (Å²) in [5.74, 6) is -0.844. The Morgan fingerprint density at radius 2 is 2.33 bits per heavy atom. The number of rotatable bonds is 4. The molecule has 54 valence electrons. The van der Waals surface area contributed by atoms with Gasteiger partial charge < -0.3 is 5.73 Å². The van der Waals surface area contributed by atoms with Gasteiger partial charge in [0, 0.05) is 0 Å². The molecule has 0 fully saturated rings. The van der Waals surface area contributed by atoms with Gasteiger partial charge in [-0.25, -0.2) is 4.39 Å². The van der Waals surface area contributed by atoms with Gasteiger partial charge in [0.1, 0.15) is 0 Å². The highest BCUT2D eigenvalue weighted by Crippen LogP contribution is 2.02. The molecule has 0 bridgehead atoms. The summed E-state index contributed by atoms with van der Waals surface area (Å²) in [5, 5.41) is 0. The molecular formula is C6H12FNO. The highest BCUT2D eigenvalue weighted by atomic mass is 19.1. The van der Waals surface area contributed by atoms with Crippen LogP contribution in [0.2, 0.25) is 0 Å². The number of carbonyl (C=O) groups is 1. The molecule has 0 aromatic carbocycles. The molecule has 1 atom stereocenters. The monoisotopic (exact) mass is 133 g/mol. The zero-order valence-electron chi connectivity index (χ0n) is 5.56. The Bertz CT molecular complexity index is 95.1. The molecule has 0 aliphatic carbocycles. The zero-order chi connectivity index (χ0) is 7.28. The van der Waals surface area contributed by atoms with E-state index < -0.39 is 12.1 Å². The molecule has 9 heavy (non-hydrogen) atoms. The Morgan fingerprint density at radius 1 is 1.78 bits per heavy atom. The van der Waals surface area contributed by atoms with Crippen LogP contribution in [0.15, 0.2) is 0 Å². The van der Waals surface area contributed by atoms with Crippen molar-refractivity contribution in [3.63, 3.8) is 0 Å². The standard InChI is InChI=1S/C6H12FNO/c1-2-3-4-5(7)6(8)9/h5H,2-4H2,1H3,(H2,8,9). The van der Waals surface area contributed by atoms with Gasteiger partial charge in [0.05, 0.1) is 0 Å². The van der Waals surface area contributed by atoms with E-state index in [9.17, 15) is 9.18 Å². The van der Waals surface area contributed by atoms with E-state index in [1.165, 1.54) is 0 Å². The molecule has 0 saturated heterocycles. The first-order valence-electron chi connectivity index (χ1n) is 3.12. The molecule has 0 aliphatic heterocycles. The van der Waals surface area contributed by atoms with Crippen LogP contribution in [0.25, 0.3) is 0 Å². The third-order valence-corrected chi connectivity index (χ3v) is 1.12. The van der Waals surface area contributed by atoms with E-state index in [2.05, 4.69) is 5.73 Å². The van der Waals surface area contributed by atoms with Crippen molar-refractivity contribution in [1.29, 1.82) is 0 Å². The number of carbonyl (C=O) groups excluding carboxylic acids is 1. The second-order valence-corrected chi connectivity index (χ2v) is 2.01. The topological polar surface area (TPSA) is 43.1 Å². The van der Waals surface area contributed by atoms with Crippen molar-refractivity contribution in [3.05, 3.63) is 0 Å². The number of amides is 1. The third-order valence-electron chi connectivity index (χ3n) is 1.12. The second-order valence-electron chi connectivity index (χ2n) is 2.01. The number of nitrogens with two attached hydrogens (primary N) is 1. The Labute approximate surface area is 54.2 Å². The van der Waals surface area contributed by atoms with E-state index in [1.54, 1.807) is 0 Å². The fourth-order valence-corrected chi connectivity index (χ4v) is 0.526. The molecular weight excluding hydrogens is 121 g/mol. The lowest BCUT2D eigenvalue weighted by molar-refractivity contribution is -0.122. The van der Waals surface area contributed by atoms with Gasteiger partial charge in [-0.15, -0.1) is 0 Å². The quantitative estimate of drug-likeness (QED) is 0.610. The fourth-order valence-electron chi connectivity index (χ4n) is 0.526. The summed E-state index contributed by atoms with van der Waals surface area (Å²) < 4.78 is 12.2. The van der Waals surface area contributed by atoms with Gasteiger partial charge in [-0.05, 0) is 6.42 Å². The number of primary amides is 1. The zero-order valence-corrected chi connectivity index (χ0v) is 5.56. The van der Waals surface area contributed by atoms with Crippen molar-refractivity contribution in [1.82, 2.24) is 0 Å². The van der Waals surface area contributed by atoms with Crippen molar-refractivity contribution in [2.45, 2.75) is 32.4 Å². The maximum Gasteiger partial charge on any atom is 0.251 e. The molecule has 2 N–H and O–H groups in total. The molecule has 0 rings (SSSR count). The van der Waals surface area contributed by atoms with Crippen molar-refractivity contribution in [2.75, 3.05) is 0 Å². The predicted octanol–water partition coefficient (Wildman–Crippen LogP) is 1.00. The third kappa shape index (κ3) is 3.94. The Balaban J connectivity index is 3.27. The van der Waals surface area contributed by atoms with E-state index in [0.29, 0.717) is 0 Å². The molecule has 1 unspecified atom stereocenters. The smallest absolute Gasteiger partial charge is 0.251 e. The van der Waals surface area contributed by atoms with Gasteiger partial charge in [0.2, 0.25) is 0 Å². The van der Waals surface area contributed by atoms with Gasteiger partial charge in [-0.3, -0.25) is 4.79 Å². The van der Waals surface area contributed by atoms with Crippen LogP contribution in [0, 0.1) is 0 Å². The number of alkyl halides is 1. The van der Waals surface area contributed by atoms with E-state index in [4.69, 9.17) is 0 Å². The maximum absolute atomic E-state index is 12.2. The first-order chi connectivity index (χ1) is 4.18. The van der Waals surface area contributed by atoms with Crippen LogP contribution in [0.5, 0.6) is 0 Å². The SMILES string of the molecule is CCCCC(F)C(N)=O. The molecule has 0 radical (unpaired) electrons. The molecule has 0 aromatic heterocycles. The fraction of sp³-hybridized carbons (Fsp3) is 0.833. The van der Waals surface area contributed by atoms with Crippen LogP contribution in [0.4, 0.5) is 4.39 Å². The highest BCUT2D eigenvalue weighted by molar-refractivity contribution is 5.78. The normalized spacial score (nSPS) is 13.1. The van der Waals surface area contributed by atoms with E-state index in [-0.39, 0.29) is 6.42 Å². The summed E-state index contributed by atoms with van der Waals surface area (Å²) in [7, 11) is 0. The minimum atomic E-state index is -1.44. The van der Waals surface area contributed by atoms with Crippen molar-refractivity contribution >= 4 is 5.91 Å². The van der Waals surface area contributed by atoms with Gasteiger partial charge in [0.25, 0.3) is 5.91 Å². The van der Waals surface area contributed by atoms with Crippen molar-refractivity contribution in [2.24, 2.45) is 5.73 Å². The summed E-state index contributed by atoms with van der Waals surface area (Å²) in [6.07, 6.45) is 0.453. The second kappa shape index (κ2) is 4.30. The summed E-state index contributed by atoms with van der Waals surface area (Å²) in [6, 6.07) is 0. The van der Waals surface area contributed by atoms with Gasteiger partial charge >= 0.3 is 0 Å². The molecule has 1 amide bonds. The van der Waals surface area contributed by atoms with Gasteiger partial charge in [-0.1, -0.05) is 19.8 Å². The average Bonchev–Trinajstić information content (AvgIpc) is 1.82. The van der Waals surface area contributed by atoms with Crippen molar-refractivity contribution < 1.29 is 9.18 Å². The minimum absolute atomic E-state index is 0.270. The molecule has 0 heterocycles. The van der Waals surface area contributed by atoms with Crippen molar-refractivity contribution in [3.8, 4) is 0 Å². The molecule has 2 nitrogen and oxygen atoms in total. The van der Waals surface area contributed by atoms with Crippen LogP contribution >= 0.6 is 0 Å². The lowest BCUT2D eigenvalue weighted by atomic mass is 10.2. The van der Waals surface area contributed by atoms with Crippen LogP contribution < -0.4 is 5.73 Å². The number of halogens is 1. The average molecular weight is 133 g/mol. The highest BCUT2D eigenvalue weighted by Gasteiger charge is 2.10. The molecule has 3 heteroatoms. The molecule has 0 aliphatic rings. The predicted molar refractivity (Wildman–Crippen MR) is 33.6 cm³/mol. The number of hydrogen-bond acceptors (Lipinski definition) is 1. The Morgan fingerprint density at radius 3 is 2.67 bits per heavy atom. The Hall–Kier alpha value is -0.600. The summed E-state index contributed by atoms with van der Waals surface area (Å²) >= 11 is 0. The number of hydrogen-bond donors (Lipinski definition) is 1. The first kappa shape index (κ1) is 8.40. The van der Waals surface area contributed by atoms with E-state index in [0.717, 1.165) is 12.8 Å². The lowest BCUT2D eigenvalue weighted by Crippen LogP contribution is -2.24. The first-order valence-corrected chi connectivity index (χ1v) is 3.12. The summed E-state index contributed by atoms with van der Waals surface area (Å²) in [6.45, 7) is 1.94. The van der Waals surface area contributed by atoms with E-state index >= 15 is 0 Å². The summed E-state index contributed by atoms with van der Waals surface area (Å²) in [5.41, 5.74) is 4.66.